The Bertz CT molecular complexity index is 1240. The summed E-state index contributed by atoms with van der Waals surface area (Å²) >= 11 is 6.09. The Hall–Kier alpha value is -3.72. The van der Waals surface area contributed by atoms with Crippen LogP contribution in [0.3, 0.4) is 0 Å². The second kappa shape index (κ2) is 8.57. The summed E-state index contributed by atoms with van der Waals surface area (Å²) in [5.41, 5.74) is 3.38. The zero-order valence-corrected chi connectivity index (χ0v) is 16.9. The monoisotopic (exact) mass is 443 g/mol. The first-order valence-corrected chi connectivity index (χ1v) is 9.50. The number of benzene rings is 2. The van der Waals surface area contributed by atoms with Crippen molar-refractivity contribution >= 4 is 40.3 Å². The number of aromatic nitrogens is 3. The Morgan fingerprint density at radius 3 is 2.55 bits per heavy atom. The summed E-state index contributed by atoms with van der Waals surface area (Å²) in [5, 5.41) is 5.97. The minimum atomic E-state index is -2.95. The number of alkyl halides is 2. The fourth-order valence-corrected chi connectivity index (χ4v) is 3.27. The third-order valence-electron chi connectivity index (χ3n) is 4.34. The molecule has 7 nitrogen and oxygen atoms in total. The SMILES string of the molecule is CC(=O)Nc1ccc(Nc2nccn3c(-c4ccc(OC(F)F)c(Cl)c4)cnc23)cc1. The van der Waals surface area contributed by atoms with E-state index < -0.39 is 6.61 Å². The number of anilines is 3. The average Bonchev–Trinajstić information content (AvgIpc) is 3.15. The summed E-state index contributed by atoms with van der Waals surface area (Å²) in [6, 6.07) is 11.7. The molecule has 0 bridgehead atoms. The fourth-order valence-electron chi connectivity index (χ4n) is 3.05. The van der Waals surface area contributed by atoms with Crippen molar-refractivity contribution in [2.75, 3.05) is 10.6 Å². The van der Waals surface area contributed by atoms with Crippen LogP contribution in [-0.4, -0.2) is 26.9 Å². The molecule has 10 heteroatoms. The number of halogens is 3. The lowest BCUT2D eigenvalue weighted by Gasteiger charge is -2.10. The van der Waals surface area contributed by atoms with Gasteiger partial charge < -0.3 is 15.4 Å². The summed E-state index contributed by atoms with van der Waals surface area (Å²) in [6.07, 6.45) is 4.99. The van der Waals surface area contributed by atoms with Crippen LogP contribution in [0.4, 0.5) is 26.0 Å². The normalized spacial score (nSPS) is 11.0. The van der Waals surface area contributed by atoms with Gasteiger partial charge in [-0.2, -0.15) is 8.78 Å². The molecule has 0 aliphatic rings. The van der Waals surface area contributed by atoms with E-state index in [-0.39, 0.29) is 16.7 Å². The van der Waals surface area contributed by atoms with Gasteiger partial charge in [0.15, 0.2) is 11.5 Å². The van der Waals surface area contributed by atoms with E-state index in [1.54, 1.807) is 41.2 Å². The van der Waals surface area contributed by atoms with Gasteiger partial charge >= 0.3 is 6.61 Å². The standard InChI is InChI=1S/C21H16ClF2N5O2/c1-12(30)27-14-3-5-15(6-4-14)28-19-20-26-11-17(29(20)9-8-25-19)13-2-7-18(16(22)10-13)31-21(23)24/h2-11,21H,1H3,(H,25,28)(H,27,30). The number of imidazole rings is 1. The van der Waals surface area contributed by atoms with E-state index in [4.69, 9.17) is 11.6 Å². The Kier molecular flexibility index (Phi) is 5.68. The maximum absolute atomic E-state index is 12.5. The van der Waals surface area contributed by atoms with Crippen LogP contribution >= 0.6 is 11.6 Å². The van der Waals surface area contributed by atoms with Crippen molar-refractivity contribution in [1.29, 1.82) is 0 Å². The van der Waals surface area contributed by atoms with Crippen LogP contribution in [0, 0.1) is 0 Å². The molecule has 2 aromatic heterocycles. The first-order chi connectivity index (χ1) is 14.9. The number of carbonyl (C=O) groups excluding carboxylic acids is 1. The van der Waals surface area contributed by atoms with Crippen LogP contribution in [-0.2, 0) is 4.79 Å². The summed E-state index contributed by atoms with van der Waals surface area (Å²) in [5.74, 6) is 0.275. The minimum absolute atomic E-state index is 0.0689. The van der Waals surface area contributed by atoms with E-state index >= 15 is 0 Å². The van der Waals surface area contributed by atoms with Crippen molar-refractivity contribution in [2.45, 2.75) is 13.5 Å². The van der Waals surface area contributed by atoms with Crippen molar-refractivity contribution in [3.05, 3.63) is 66.1 Å². The molecule has 0 spiro atoms. The second-order valence-corrected chi connectivity index (χ2v) is 6.93. The average molecular weight is 444 g/mol. The summed E-state index contributed by atoms with van der Waals surface area (Å²) in [4.78, 5) is 19.9. The zero-order valence-electron chi connectivity index (χ0n) is 16.1. The van der Waals surface area contributed by atoms with Gasteiger partial charge in [0.05, 0.1) is 16.9 Å². The first-order valence-electron chi connectivity index (χ1n) is 9.12. The maximum atomic E-state index is 12.5. The number of fused-ring (bicyclic) bond motifs is 1. The maximum Gasteiger partial charge on any atom is 0.387 e. The van der Waals surface area contributed by atoms with Gasteiger partial charge in [0, 0.05) is 36.3 Å². The van der Waals surface area contributed by atoms with Crippen LogP contribution in [0.1, 0.15) is 6.92 Å². The molecule has 0 aliphatic heterocycles. The lowest BCUT2D eigenvalue weighted by molar-refractivity contribution is -0.114. The molecule has 4 aromatic rings. The van der Waals surface area contributed by atoms with Gasteiger partial charge in [-0.05, 0) is 42.5 Å². The van der Waals surface area contributed by atoms with Gasteiger partial charge in [0.1, 0.15) is 5.75 Å². The van der Waals surface area contributed by atoms with Gasteiger partial charge in [-0.3, -0.25) is 9.20 Å². The van der Waals surface area contributed by atoms with E-state index in [1.165, 1.54) is 19.1 Å². The van der Waals surface area contributed by atoms with Crippen molar-refractivity contribution in [2.24, 2.45) is 0 Å². The molecule has 1 amide bonds. The molecular weight excluding hydrogens is 428 g/mol. The van der Waals surface area contributed by atoms with E-state index in [1.807, 2.05) is 12.1 Å². The number of hydrogen-bond donors (Lipinski definition) is 2. The smallest absolute Gasteiger partial charge is 0.387 e. The number of carbonyl (C=O) groups is 1. The summed E-state index contributed by atoms with van der Waals surface area (Å²) in [7, 11) is 0. The largest absolute Gasteiger partial charge is 0.433 e. The molecule has 2 heterocycles. The molecule has 0 fully saturated rings. The highest BCUT2D eigenvalue weighted by molar-refractivity contribution is 6.32. The highest BCUT2D eigenvalue weighted by Crippen LogP contribution is 2.32. The predicted molar refractivity (Wildman–Crippen MR) is 114 cm³/mol. The molecule has 0 saturated heterocycles. The molecule has 0 saturated carbocycles. The molecule has 2 aromatic carbocycles. The van der Waals surface area contributed by atoms with Crippen molar-refractivity contribution in [1.82, 2.24) is 14.4 Å². The van der Waals surface area contributed by atoms with Gasteiger partial charge in [0.25, 0.3) is 0 Å². The Labute approximate surface area is 180 Å². The highest BCUT2D eigenvalue weighted by Gasteiger charge is 2.14. The first kappa shape index (κ1) is 20.5. The van der Waals surface area contributed by atoms with Crippen molar-refractivity contribution < 1.29 is 18.3 Å². The summed E-state index contributed by atoms with van der Waals surface area (Å²) < 4.78 is 31.1. The van der Waals surface area contributed by atoms with E-state index in [9.17, 15) is 13.6 Å². The van der Waals surface area contributed by atoms with E-state index in [0.717, 1.165) is 5.69 Å². The molecule has 4 rings (SSSR count). The number of amides is 1. The zero-order chi connectivity index (χ0) is 22.0. The number of ether oxygens (including phenoxy) is 1. The van der Waals surface area contributed by atoms with Crippen LogP contribution in [0.15, 0.2) is 61.1 Å². The van der Waals surface area contributed by atoms with Gasteiger partial charge in [0.2, 0.25) is 5.91 Å². The lowest BCUT2D eigenvalue weighted by Crippen LogP contribution is -2.05. The number of nitrogens with zero attached hydrogens (tertiary/aromatic N) is 3. The number of hydrogen-bond acceptors (Lipinski definition) is 5. The van der Waals surface area contributed by atoms with Gasteiger partial charge in [-0.15, -0.1) is 0 Å². The minimum Gasteiger partial charge on any atom is -0.433 e. The van der Waals surface area contributed by atoms with Crippen molar-refractivity contribution in [3.8, 4) is 17.0 Å². The fraction of sp³-hybridized carbons (Fsp3) is 0.0952. The molecule has 2 N–H and O–H groups in total. The molecule has 0 radical (unpaired) electrons. The van der Waals surface area contributed by atoms with Gasteiger partial charge in [-0.25, -0.2) is 9.97 Å². The molecule has 158 valence electrons. The summed E-state index contributed by atoms with van der Waals surface area (Å²) in [6.45, 7) is -1.51. The van der Waals surface area contributed by atoms with Crippen LogP contribution < -0.4 is 15.4 Å². The van der Waals surface area contributed by atoms with Crippen LogP contribution in [0.5, 0.6) is 5.75 Å². The lowest BCUT2D eigenvalue weighted by atomic mass is 10.1. The van der Waals surface area contributed by atoms with E-state index in [0.29, 0.717) is 28.4 Å². The van der Waals surface area contributed by atoms with Gasteiger partial charge in [-0.1, -0.05) is 11.6 Å². The van der Waals surface area contributed by atoms with Crippen molar-refractivity contribution in [3.63, 3.8) is 0 Å². The molecular formula is C21H16ClF2N5O2. The molecule has 31 heavy (non-hydrogen) atoms. The Balaban J connectivity index is 1.63. The third-order valence-corrected chi connectivity index (χ3v) is 4.64. The third kappa shape index (κ3) is 4.56. The van der Waals surface area contributed by atoms with Crippen LogP contribution in [0.2, 0.25) is 5.02 Å². The van der Waals surface area contributed by atoms with E-state index in [2.05, 4.69) is 25.3 Å². The quantitative estimate of drug-likeness (QED) is 0.419. The van der Waals surface area contributed by atoms with Crippen LogP contribution in [0.25, 0.3) is 16.9 Å². The molecule has 0 atom stereocenters. The highest BCUT2D eigenvalue weighted by atomic mass is 35.5. The molecule has 0 unspecified atom stereocenters. The molecule has 0 aliphatic carbocycles. The number of rotatable bonds is 6. The predicted octanol–water partition coefficient (Wildman–Crippen LogP) is 5.35. The Morgan fingerprint density at radius 1 is 1.13 bits per heavy atom. The number of nitrogens with one attached hydrogen (secondary N) is 2. The Morgan fingerprint density at radius 2 is 1.87 bits per heavy atom. The second-order valence-electron chi connectivity index (χ2n) is 6.52. The topological polar surface area (TPSA) is 80.6 Å².